The highest BCUT2D eigenvalue weighted by Crippen LogP contribution is 2.26. The van der Waals surface area contributed by atoms with E-state index in [0.717, 1.165) is 122 Å². The summed E-state index contributed by atoms with van der Waals surface area (Å²) in [5, 5.41) is 57.0. The minimum atomic E-state index is -1.65. The zero-order valence-corrected chi connectivity index (χ0v) is 51.6. The first-order valence-corrected chi connectivity index (χ1v) is 32.5. The average Bonchev–Trinajstić information content (AvgIpc) is 3.44. The van der Waals surface area contributed by atoms with Gasteiger partial charge in [-0.1, -0.05) is 244 Å². The maximum absolute atomic E-state index is 13.4. The molecule has 11 heteroatoms. The van der Waals surface area contributed by atoms with Crippen LogP contribution in [-0.2, 0) is 23.8 Å². The zero-order valence-electron chi connectivity index (χ0n) is 51.6. The molecular weight excluding hydrogens is 1030 g/mol. The normalized spacial score (nSPS) is 19.5. The van der Waals surface area contributed by atoms with Crippen LogP contribution in [0.2, 0.25) is 0 Å². The SMILES string of the molecule is CC/C=C\C/C=C\C/C=C\C/C=C\C/C=C\C/C=C\CCCCC(=O)OC1C(OCC(NC(=O)C(O)CCCCCC/C=C\C/C=C\C/C=C\C/C=C\CCCCC)C(O)/C=C/CCCCCCCCCCCC)OC(CO)C(O)C1O. The van der Waals surface area contributed by atoms with E-state index in [4.69, 9.17) is 14.2 Å². The number of carbonyl (C=O) groups excluding carboxylic acids is 2. The van der Waals surface area contributed by atoms with E-state index in [0.29, 0.717) is 12.8 Å². The highest BCUT2D eigenvalue weighted by Gasteiger charge is 2.47. The Morgan fingerprint density at radius 2 is 0.878 bits per heavy atom. The Balaban J connectivity index is 2.71. The third-order valence-electron chi connectivity index (χ3n) is 14.3. The van der Waals surface area contributed by atoms with E-state index in [2.05, 4.69) is 148 Å². The molecule has 0 aromatic heterocycles. The summed E-state index contributed by atoms with van der Waals surface area (Å²) in [4.78, 5) is 26.6. The smallest absolute Gasteiger partial charge is 0.306 e. The van der Waals surface area contributed by atoms with E-state index in [-0.39, 0.29) is 19.4 Å². The van der Waals surface area contributed by atoms with Gasteiger partial charge in [0.1, 0.15) is 24.4 Å². The zero-order chi connectivity index (χ0) is 59.6. The highest BCUT2D eigenvalue weighted by molar-refractivity contribution is 5.80. The predicted molar refractivity (Wildman–Crippen MR) is 342 cm³/mol. The predicted octanol–water partition coefficient (Wildman–Crippen LogP) is 16.0. The number of carbonyl (C=O) groups is 2. The van der Waals surface area contributed by atoms with Crippen LogP contribution in [0.4, 0.5) is 0 Å². The molecule has 0 aromatic rings. The summed E-state index contributed by atoms with van der Waals surface area (Å²) < 4.78 is 17.6. The van der Waals surface area contributed by atoms with Crippen molar-refractivity contribution in [2.24, 2.45) is 0 Å². The van der Waals surface area contributed by atoms with E-state index < -0.39 is 67.4 Å². The van der Waals surface area contributed by atoms with Gasteiger partial charge < -0.3 is 45.1 Å². The Labute approximate surface area is 499 Å². The molecule has 1 heterocycles. The molecule has 11 nitrogen and oxygen atoms in total. The second-order valence-corrected chi connectivity index (χ2v) is 21.8. The van der Waals surface area contributed by atoms with E-state index in [9.17, 15) is 35.1 Å². The molecule has 82 heavy (non-hydrogen) atoms. The van der Waals surface area contributed by atoms with Gasteiger partial charge in [0.15, 0.2) is 12.4 Å². The van der Waals surface area contributed by atoms with Gasteiger partial charge in [0.05, 0.1) is 25.4 Å². The number of unbranched alkanes of at least 4 members (excludes halogenated alkanes) is 19. The number of aliphatic hydroxyl groups excluding tert-OH is 5. The molecule has 1 fully saturated rings. The lowest BCUT2D eigenvalue weighted by molar-refractivity contribution is -0.305. The lowest BCUT2D eigenvalue weighted by atomic mass is 9.99. The molecule has 0 aromatic carbocycles. The summed E-state index contributed by atoms with van der Waals surface area (Å²) >= 11 is 0. The Morgan fingerprint density at radius 3 is 1.34 bits per heavy atom. The van der Waals surface area contributed by atoms with Crippen molar-refractivity contribution in [3.05, 3.63) is 134 Å². The van der Waals surface area contributed by atoms with Crippen LogP contribution in [0, 0.1) is 0 Å². The van der Waals surface area contributed by atoms with Gasteiger partial charge in [-0.3, -0.25) is 9.59 Å². The summed E-state index contributed by atoms with van der Waals surface area (Å²) in [5.41, 5.74) is 0. The van der Waals surface area contributed by atoms with Gasteiger partial charge in [0.2, 0.25) is 5.91 Å². The highest BCUT2D eigenvalue weighted by atomic mass is 16.7. The quantitative estimate of drug-likeness (QED) is 0.0195. The number of hydrogen-bond donors (Lipinski definition) is 6. The van der Waals surface area contributed by atoms with Crippen LogP contribution in [0.5, 0.6) is 0 Å². The second-order valence-electron chi connectivity index (χ2n) is 21.8. The molecule has 0 saturated carbocycles. The third-order valence-corrected chi connectivity index (χ3v) is 14.3. The maximum Gasteiger partial charge on any atom is 0.306 e. The van der Waals surface area contributed by atoms with E-state index >= 15 is 0 Å². The maximum atomic E-state index is 13.4. The van der Waals surface area contributed by atoms with E-state index in [1.54, 1.807) is 6.08 Å². The number of ether oxygens (including phenoxy) is 3. The van der Waals surface area contributed by atoms with Gasteiger partial charge in [-0.05, 0) is 122 Å². The molecule has 1 aliphatic heterocycles. The standard InChI is InChI=1S/C71H117NO10/c1-4-7-10-13-16-19-22-25-27-29-31-33-35-37-39-41-44-47-50-53-56-59-66(76)82-69-68(78)67(77)65(60-73)81-71(69)80-61-62(63(74)57-54-51-48-45-42-24-21-18-15-12-9-6-3)72-70(79)64(75)58-55-52-49-46-43-40-38-36-34-32-30-28-26-23-20-17-14-11-8-5-2/h7,10,16-17,19-20,25-28,31-34,37-40,44,47,54,57,62-65,67-69,71,73-75,77-78H,4-6,8-9,11-15,18,21-24,29-30,35-36,41-43,45-46,48-53,55-56,58-61H2,1-3H3,(H,72,79)/b10-7-,19-16-,20-17-,27-25-,28-26-,33-31-,34-32-,39-37-,40-38-,47-44-,57-54+. The van der Waals surface area contributed by atoms with Crippen LogP contribution < -0.4 is 5.32 Å². The lowest BCUT2D eigenvalue weighted by Gasteiger charge is -2.41. The number of esters is 1. The van der Waals surface area contributed by atoms with Crippen molar-refractivity contribution < 1.29 is 49.3 Å². The monoisotopic (exact) mass is 1140 g/mol. The van der Waals surface area contributed by atoms with Crippen LogP contribution >= 0.6 is 0 Å². The van der Waals surface area contributed by atoms with Crippen LogP contribution in [-0.4, -0.2) is 99.6 Å². The van der Waals surface area contributed by atoms with Gasteiger partial charge in [-0.2, -0.15) is 0 Å². The molecule has 8 unspecified atom stereocenters. The van der Waals surface area contributed by atoms with Gasteiger partial charge in [0.25, 0.3) is 0 Å². The molecular formula is C71H117NO10. The molecule has 8 atom stereocenters. The summed E-state index contributed by atoms with van der Waals surface area (Å²) in [5.74, 6) is -1.27. The fourth-order valence-electron chi connectivity index (χ4n) is 9.17. The molecule has 0 aliphatic carbocycles. The Hall–Kier alpha value is -4.20. The first kappa shape index (κ1) is 75.8. The molecule has 0 spiro atoms. The van der Waals surface area contributed by atoms with E-state index in [1.165, 1.54) is 70.6 Å². The minimum Gasteiger partial charge on any atom is -0.454 e. The van der Waals surface area contributed by atoms with Gasteiger partial charge >= 0.3 is 5.97 Å². The number of amides is 1. The van der Waals surface area contributed by atoms with E-state index in [1.807, 2.05) is 6.08 Å². The molecule has 1 rings (SSSR count). The number of allylic oxidation sites excluding steroid dienone is 21. The molecule has 6 N–H and O–H groups in total. The van der Waals surface area contributed by atoms with Gasteiger partial charge in [-0.15, -0.1) is 0 Å². The molecule has 0 bridgehead atoms. The molecule has 466 valence electrons. The summed E-state index contributed by atoms with van der Waals surface area (Å²) in [6.45, 7) is 5.60. The number of rotatable bonds is 53. The summed E-state index contributed by atoms with van der Waals surface area (Å²) in [6.07, 6.45) is 70.5. The molecule has 0 radical (unpaired) electrons. The summed E-state index contributed by atoms with van der Waals surface area (Å²) in [6, 6.07) is -1.05. The van der Waals surface area contributed by atoms with Crippen molar-refractivity contribution in [3.63, 3.8) is 0 Å². The van der Waals surface area contributed by atoms with Crippen molar-refractivity contribution >= 4 is 11.9 Å². The number of nitrogens with one attached hydrogen (secondary N) is 1. The fourth-order valence-corrected chi connectivity index (χ4v) is 9.17. The molecule has 1 saturated heterocycles. The van der Waals surface area contributed by atoms with Crippen molar-refractivity contribution in [1.82, 2.24) is 5.32 Å². The van der Waals surface area contributed by atoms with Gasteiger partial charge in [-0.25, -0.2) is 0 Å². The topological polar surface area (TPSA) is 175 Å². The summed E-state index contributed by atoms with van der Waals surface area (Å²) in [7, 11) is 0. The Kier molecular flexibility index (Phi) is 52.9. The van der Waals surface area contributed by atoms with Crippen LogP contribution in [0.1, 0.15) is 239 Å². The van der Waals surface area contributed by atoms with Crippen LogP contribution in [0.25, 0.3) is 0 Å². The number of aliphatic hydroxyl groups is 5. The first-order valence-electron chi connectivity index (χ1n) is 32.5. The van der Waals surface area contributed by atoms with Crippen molar-refractivity contribution in [2.45, 2.75) is 288 Å². The molecule has 1 amide bonds. The second kappa shape index (κ2) is 57.2. The minimum absolute atomic E-state index is 0.0581. The van der Waals surface area contributed by atoms with Crippen LogP contribution in [0.15, 0.2) is 134 Å². The van der Waals surface area contributed by atoms with Crippen molar-refractivity contribution in [1.29, 1.82) is 0 Å². The van der Waals surface area contributed by atoms with Crippen LogP contribution in [0.3, 0.4) is 0 Å². The Morgan fingerprint density at radius 1 is 0.488 bits per heavy atom. The fraction of sp³-hybridized carbons (Fsp3) is 0.662. The first-order chi connectivity index (χ1) is 40.2. The largest absolute Gasteiger partial charge is 0.454 e. The van der Waals surface area contributed by atoms with Crippen molar-refractivity contribution in [2.75, 3.05) is 13.2 Å². The van der Waals surface area contributed by atoms with Gasteiger partial charge in [0, 0.05) is 6.42 Å². The lowest BCUT2D eigenvalue weighted by Crippen LogP contribution is -2.61. The third kappa shape index (κ3) is 44.3. The Bertz CT molecular complexity index is 1840. The average molecular weight is 1140 g/mol. The number of hydrogen-bond acceptors (Lipinski definition) is 10. The molecule has 1 aliphatic rings. The van der Waals surface area contributed by atoms with Crippen molar-refractivity contribution in [3.8, 4) is 0 Å².